The summed E-state index contributed by atoms with van der Waals surface area (Å²) in [5, 5.41) is 6.54. The molecule has 7 heteroatoms. The molecule has 0 atom stereocenters. The molecule has 1 aliphatic heterocycles. The second-order valence-electron chi connectivity index (χ2n) is 6.87. The average molecular weight is 339 g/mol. The van der Waals surface area contributed by atoms with Crippen LogP contribution in [0, 0.1) is 12.8 Å². The molecule has 128 valence electrons. The van der Waals surface area contributed by atoms with E-state index >= 15 is 0 Å². The number of anilines is 1. The minimum Gasteiger partial charge on any atom is -0.360 e. The van der Waals surface area contributed by atoms with Gasteiger partial charge < -0.3 is 14.7 Å². The number of hydrogen-bond acceptors (Lipinski definition) is 5. The molecule has 2 heterocycles. The molecular weight excluding hydrogens is 314 g/mol. The molecule has 0 saturated carbocycles. The van der Waals surface area contributed by atoms with Crippen LogP contribution in [0.1, 0.15) is 39.4 Å². The molecule has 1 aromatic rings. The van der Waals surface area contributed by atoms with E-state index in [1.54, 1.807) is 24.8 Å². The van der Waals surface area contributed by atoms with Gasteiger partial charge in [0.05, 0.1) is 5.75 Å². The molecule has 1 fully saturated rings. The Morgan fingerprint density at radius 1 is 1.39 bits per heavy atom. The van der Waals surface area contributed by atoms with Crippen molar-refractivity contribution < 1.29 is 14.1 Å². The van der Waals surface area contributed by atoms with Gasteiger partial charge in [-0.15, -0.1) is 11.8 Å². The van der Waals surface area contributed by atoms with Crippen LogP contribution < -0.4 is 5.32 Å². The maximum Gasteiger partial charge on any atom is 0.232 e. The molecule has 0 aromatic carbocycles. The molecule has 1 aliphatic rings. The molecule has 2 amide bonds. The van der Waals surface area contributed by atoms with Crippen molar-refractivity contribution in [1.82, 2.24) is 10.1 Å². The first-order valence-corrected chi connectivity index (χ1v) is 8.89. The van der Waals surface area contributed by atoms with Crippen molar-refractivity contribution >= 4 is 29.4 Å². The Hall–Kier alpha value is -1.50. The lowest BCUT2D eigenvalue weighted by atomic mass is 9.96. The number of carbonyl (C=O) groups excluding carboxylic acids is 2. The highest BCUT2D eigenvalue weighted by atomic mass is 32.2. The zero-order valence-corrected chi connectivity index (χ0v) is 15.0. The molecule has 0 spiro atoms. The maximum absolute atomic E-state index is 12.2. The van der Waals surface area contributed by atoms with Crippen LogP contribution in [-0.4, -0.2) is 45.5 Å². The van der Waals surface area contributed by atoms with E-state index in [-0.39, 0.29) is 22.5 Å². The summed E-state index contributed by atoms with van der Waals surface area (Å²) in [4.78, 5) is 26.3. The van der Waals surface area contributed by atoms with Gasteiger partial charge in [-0.2, -0.15) is 0 Å². The summed E-state index contributed by atoms with van der Waals surface area (Å²) in [7, 11) is 0. The number of piperidine rings is 1. The minimum absolute atomic E-state index is 0.0468. The normalized spacial score (nSPS) is 16.4. The molecule has 1 saturated heterocycles. The molecule has 1 N–H and O–H groups in total. The number of nitrogens with zero attached hydrogens (tertiary/aromatic N) is 2. The first-order valence-electron chi connectivity index (χ1n) is 7.90. The fourth-order valence-electron chi connectivity index (χ4n) is 2.41. The van der Waals surface area contributed by atoms with E-state index in [4.69, 9.17) is 4.52 Å². The maximum atomic E-state index is 12.2. The monoisotopic (exact) mass is 339 g/mol. The number of amides is 2. The predicted octanol–water partition coefficient (Wildman–Crippen LogP) is 2.69. The molecule has 2 rings (SSSR count). The van der Waals surface area contributed by atoms with Gasteiger partial charge in [0, 0.05) is 29.8 Å². The van der Waals surface area contributed by atoms with Crippen molar-refractivity contribution in [2.24, 2.45) is 5.92 Å². The number of aromatic nitrogens is 1. The van der Waals surface area contributed by atoms with E-state index in [2.05, 4.69) is 31.2 Å². The number of aryl methyl sites for hydroxylation is 1. The highest BCUT2D eigenvalue weighted by Gasteiger charge is 2.28. The summed E-state index contributed by atoms with van der Waals surface area (Å²) >= 11 is 1.66. The van der Waals surface area contributed by atoms with Gasteiger partial charge in [0.25, 0.3) is 0 Å². The first kappa shape index (κ1) is 17.8. The molecule has 6 nitrogen and oxygen atoms in total. The van der Waals surface area contributed by atoms with Gasteiger partial charge in [0.15, 0.2) is 5.82 Å². The highest BCUT2D eigenvalue weighted by Crippen LogP contribution is 2.25. The quantitative estimate of drug-likeness (QED) is 0.913. The Morgan fingerprint density at radius 3 is 2.57 bits per heavy atom. The molecule has 0 bridgehead atoms. The summed E-state index contributed by atoms with van der Waals surface area (Å²) in [6.45, 7) is 9.37. The second-order valence-corrected chi connectivity index (χ2v) is 8.67. The number of rotatable bonds is 4. The molecule has 0 radical (unpaired) electrons. The van der Waals surface area contributed by atoms with Crippen molar-refractivity contribution in [3.8, 4) is 0 Å². The highest BCUT2D eigenvalue weighted by molar-refractivity contribution is 8.01. The molecule has 0 unspecified atom stereocenters. The summed E-state index contributed by atoms with van der Waals surface area (Å²) in [6.07, 6.45) is 1.38. The van der Waals surface area contributed by atoms with Crippen molar-refractivity contribution in [3.63, 3.8) is 0 Å². The fourth-order valence-corrected chi connectivity index (χ4v) is 3.15. The van der Waals surface area contributed by atoms with Crippen LogP contribution in [0.5, 0.6) is 0 Å². The number of carbonyl (C=O) groups is 2. The Morgan fingerprint density at radius 2 is 2.04 bits per heavy atom. The molecule has 0 aliphatic carbocycles. The average Bonchev–Trinajstić information content (AvgIpc) is 2.89. The number of nitrogens with one attached hydrogen (secondary N) is 1. The Balaban J connectivity index is 1.77. The largest absolute Gasteiger partial charge is 0.360 e. The van der Waals surface area contributed by atoms with Gasteiger partial charge in [-0.1, -0.05) is 25.9 Å². The number of likely N-dealkylation sites (tertiary alicyclic amines) is 1. The number of thioether (sulfide) groups is 1. The topological polar surface area (TPSA) is 75.4 Å². The Bertz CT molecular complexity index is 557. The number of hydrogen-bond donors (Lipinski definition) is 1. The fraction of sp³-hybridized carbons (Fsp3) is 0.688. The van der Waals surface area contributed by atoms with E-state index in [1.165, 1.54) is 0 Å². The molecule has 1 aromatic heterocycles. The van der Waals surface area contributed by atoms with Crippen LogP contribution in [0.4, 0.5) is 5.82 Å². The van der Waals surface area contributed by atoms with Crippen molar-refractivity contribution in [3.05, 3.63) is 11.8 Å². The van der Waals surface area contributed by atoms with E-state index in [9.17, 15) is 9.59 Å². The lowest BCUT2D eigenvalue weighted by molar-refractivity contribution is -0.132. The van der Waals surface area contributed by atoms with E-state index in [0.29, 0.717) is 43.3 Å². The van der Waals surface area contributed by atoms with Crippen molar-refractivity contribution in [2.45, 2.75) is 45.3 Å². The summed E-state index contributed by atoms with van der Waals surface area (Å²) in [6, 6.07) is 1.69. The lowest BCUT2D eigenvalue weighted by Gasteiger charge is -2.31. The van der Waals surface area contributed by atoms with Gasteiger partial charge in [0.2, 0.25) is 11.8 Å². The van der Waals surface area contributed by atoms with Gasteiger partial charge >= 0.3 is 0 Å². The van der Waals surface area contributed by atoms with Gasteiger partial charge in [-0.3, -0.25) is 9.59 Å². The standard InChI is InChI=1S/C16H25N3O3S/c1-11-9-13(18-22-11)17-15(21)12-5-7-19(8-6-12)14(20)10-23-16(2,3)4/h9,12H,5-8,10H2,1-4H3,(H,17,18,21). The first-order chi connectivity index (χ1) is 10.7. The third kappa shape index (κ3) is 5.57. The predicted molar refractivity (Wildman–Crippen MR) is 91.4 cm³/mol. The van der Waals surface area contributed by atoms with Crippen LogP contribution in [-0.2, 0) is 9.59 Å². The van der Waals surface area contributed by atoms with E-state index in [0.717, 1.165) is 0 Å². The zero-order chi connectivity index (χ0) is 17.0. The van der Waals surface area contributed by atoms with Crippen molar-refractivity contribution in [1.29, 1.82) is 0 Å². The van der Waals surface area contributed by atoms with Crippen LogP contribution in [0.3, 0.4) is 0 Å². The van der Waals surface area contributed by atoms with Crippen LogP contribution in [0.15, 0.2) is 10.6 Å². The Kier molecular flexibility index (Phi) is 5.73. The summed E-state index contributed by atoms with van der Waals surface area (Å²) in [5.74, 6) is 1.65. The molecule has 23 heavy (non-hydrogen) atoms. The van der Waals surface area contributed by atoms with Crippen LogP contribution >= 0.6 is 11.8 Å². The Labute approximate surface area is 141 Å². The summed E-state index contributed by atoms with van der Waals surface area (Å²) < 4.78 is 5.02. The van der Waals surface area contributed by atoms with Gasteiger partial charge in [-0.05, 0) is 19.8 Å². The zero-order valence-electron chi connectivity index (χ0n) is 14.2. The third-order valence-electron chi connectivity index (χ3n) is 3.73. The smallest absolute Gasteiger partial charge is 0.232 e. The van der Waals surface area contributed by atoms with E-state index in [1.807, 2.05) is 4.90 Å². The third-order valence-corrected chi connectivity index (χ3v) is 4.98. The lowest BCUT2D eigenvalue weighted by Crippen LogP contribution is -2.42. The summed E-state index contributed by atoms with van der Waals surface area (Å²) in [5.41, 5.74) is 0. The van der Waals surface area contributed by atoms with Crippen LogP contribution in [0.2, 0.25) is 0 Å². The van der Waals surface area contributed by atoms with Gasteiger partial charge in [-0.25, -0.2) is 0 Å². The van der Waals surface area contributed by atoms with Gasteiger partial charge in [0.1, 0.15) is 5.76 Å². The second kappa shape index (κ2) is 7.38. The molecular formula is C16H25N3O3S. The van der Waals surface area contributed by atoms with E-state index < -0.39 is 0 Å². The minimum atomic E-state index is -0.0775. The van der Waals surface area contributed by atoms with Crippen molar-refractivity contribution in [2.75, 3.05) is 24.2 Å². The SMILES string of the molecule is Cc1cc(NC(=O)C2CCN(C(=O)CSC(C)(C)C)CC2)no1. The van der Waals surface area contributed by atoms with Crippen LogP contribution in [0.25, 0.3) is 0 Å².